The summed E-state index contributed by atoms with van der Waals surface area (Å²) >= 11 is 3.47. The Balaban J connectivity index is 2.12. The van der Waals surface area contributed by atoms with Gasteiger partial charge >= 0.3 is 0 Å². The average molecular weight is 344 g/mol. The van der Waals surface area contributed by atoms with Gasteiger partial charge in [-0.1, -0.05) is 52.2 Å². The quantitative estimate of drug-likeness (QED) is 0.845. The van der Waals surface area contributed by atoms with Gasteiger partial charge in [-0.2, -0.15) is 0 Å². The minimum atomic E-state index is -0.240. The molecule has 0 radical (unpaired) electrons. The standard InChI is InChI=1S/C17H14BrNO2/c1-2-11-19-17(20)14-8-4-6-10-16(14)21-12-13-7-3-5-9-15(13)18/h1,3-10H,11-12H2,(H,19,20). The molecule has 0 fully saturated rings. The van der Waals surface area contributed by atoms with Crippen LogP contribution in [0.3, 0.4) is 0 Å². The number of hydrogen-bond donors (Lipinski definition) is 1. The molecule has 21 heavy (non-hydrogen) atoms. The van der Waals surface area contributed by atoms with Crippen molar-refractivity contribution < 1.29 is 9.53 Å². The van der Waals surface area contributed by atoms with Crippen molar-refractivity contribution in [3.05, 3.63) is 64.1 Å². The molecule has 0 unspecified atom stereocenters. The third kappa shape index (κ3) is 4.11. The molecule has 4 heteroatoms. The highest BCUT2D eigenvalue weighted by atomic mass is 79.9. The van der Waals surface area contributed by atoms with E-state index in [1.54, 1.807) is 18.2 Å². The minimum absolute atomic E-state index is 0.192. The molecule has 3 nitrogen and oxygen atoms in total. The number of terminal acetylenes is 1. The largest absolute Gasteiger partial charge is 0.488 e. The van der Waals surface area contributed by atoms with Crippen LogP contribution in [0, 0.1) is 12.3 Å². The molecule has 0 saturated heterocycles. The summed E-state index contributed by atoms with van der Waals surface area (Å²) in [6.45, 7) is 0.568. The van der Waals surface area contributed by atoms with Crippen LogP contribution in [0.15, 0.2) is 53.0 Å². The fourth-order valence-corrected chi connectivity index (χ4v) is 2.18. The maximum absolute atomic E-state index is 12.0. The van der Waals surface area contributed by atoms with Gasteiger partial charge in [-0.15, -0.1) is 6.42 Å². The minimum Gasteiger partial charge on any atom is -0.488 e. The number of amides is 1. The molecule has 0 aliphatic carbocycles. The summed E-state index contributed by atoms with van der Waals surface area (Å²) in [6.07, 6.45) is 5.14. The Morgan fingerprint density at radius 2 is 1.90 bits per heavy atom. The van der Waals surface area contributed by atoms with Crippen molar-refractivity contribution in [3.8, 4) is 18.1 Å². The van der Waals surface area contributed by atoms with Gasteiger partial charge in [0, 0.05) is 10.0 Å². The smallest absolute Gasteiger partial charge is 0.255 e. The molecule has 106 valence electrons. The molecule has 0 saturated carbocycles. The van der Waals surface area contributed by atoms with E-state index in [1.807, 2.05) is 30.3 Å². The van der Waals surface area contributed by atoms with Crippen molar-refractivity contribution in [2.24, 2.45) is 0 Å². The highest BCUT2D eigenvalue weighted by molar-refractivity contribution is 9.10. The van der Waals surface area contributed by atoms with Crippen molar-refractivity contribution in [1.82, 2.24) is 5.32 Å². The zero-order valence-electron chi connectivity index (χ0n) is 11.3. The average Bonchev–Trinajstić information content (AvgIpc) is 2.52. The Hall–Kier alpha value is -2.25. The maximum Gasteiger partial charge on any atom is 0.255 e. The Bertz CT molecular complexity index is 676. The summed E-state index contributed by atoms with van der Waals surface area (Å²) in [5.41, 5.74) is 1.48. The summed E-state index contributed by atoms with van der Waals surface area (Å²) in [4.78, 5) is 12.0. The van der Waals surface area contributed by atoms with Gasteiger partial charge in [0.1, 0.15) is 12.4 Å². The molecular weight excluding hydrogens is 330 g/mol. The van der Waals surface area contributed by atoms with E-state index in [4.69, 9.17) is 11.2 Å². The zero-order chi connectivity index (χ0) is 15.1. The van der Waals surface area contributed by atoms with Crippen LogP contribution in [0.4, 0.5) is 0 Å². The number of carbonyl (C=O) groups is 1. The first-order valence-electron chi connectivity index (χ1n) is 6.39. The number of halogens is 1. The molecule has 0 spiro atoms. The number of hydrogen-bond acceptors (Lipinski definition) is 2. The van der Waals surface area contributed by atoms with E-state index in [1.165, 1.54) is 0 Å². The number of ether oxygens (including phenoxy) is 1. The van der Waals surface area contributed by atoms with E-state index in [0.717, 1.165) is 10.0 Å². The van der Waals surface area contributed by atoms with Crippen LogP contribution >= 0.6 is 15.9 Å². The zero-order valence-corrected chi connectivity index (χ0v) is 12.9. The first kappa shape index (κ1) is 15.1. The molecule has 1 amide bonds. The number of nitrogens with one attached hydrogen (secondary N) is 1. The van der Waals surface area contributed by atoms with Crippen molar-refractivity contribution in [3.63, 3.8) is 0 Å². The molecule has 0 atom stereocenters. The molecule has 0 aliphatic rings. The van der Waals surface area contributed by atoms with E-state index >= 15 is 0 Å². The summed E-state index contributed by atoms with van der Waals surface area (Å²) in [5.74, 6) is 2.66. The van der Waals surface area contributed by atoms with Crippen LogP contribution in [0.25, 0.3) is 0 Å². The van der Waals surface area contributed by atoms with E-state index in [9.17, 15) is 4.79 Å². The second-order valence-electron chi connectivity index (χ2n) is 4.26. The highest BCUT2D eigenvalue weighted by Crippen LogP contribution is 2.22. The predicted octanol–water partition coefficient (Wildman–Crippen LogP) is 3.39. The summed E-state index contributed by atoms with van der Waals surface area (Å²) in [7, 11) is 0. The molecule has 2 aromatic rings. The van der Waals surface area contributed by atoms with Gasteiger partial charge in [0.2, 0.25) is 0 Å². The van der Waals surface area contributed by atoms with Crippen LogP contribution in [-0.2, 0) is 6.61 Å². The van der Waals surface area contributed by atoms with Gasteiger partial charge < -0.3 is 10.1 Å². The SMILES string of the molecule is C#CCNC(=O)c1ccccc1OCc1ccccc1Br. The normalized spacial score (nSPS) is 9.71. The van der Waals surface area contributed by atoms with Crippen LogP contribution < -0.4 is 10.1 Å². The lowest BCUT2D eigenvalue weighted by atomic mass is 10.2. The number of benzene rings is 2. The van der Waals surface area contributed by atoms with Gasteiger partial charge in [0.05, 0.1) is 12.1 Å². The molecular formula is C17H14BrNO2. The lowest BCUT2D eigenvalue weighted by molar-refractivity contribution is 0.0954. The molecule has 2 aromatic carbocycles. The lowest BCUT2D eigenvalue weighted by Crippen LogP contribution is -2.24. The third-order valence-corrected chi connectivity index (χ3v) is 3.60. The van der Waals surface area contributed by atoms with Gasteiger partial charge in [0.25, 0.3) is 5.91 Å². The van der Waals surface area contributed by atoms with Crippen LogP contribution in [-0.4, -0.2) is 12.5 Å². The molecule has 0 aliphatic heterocycles. The number of carbonyl (C=O) groups excluding carboxylic acids is 1. The first-order valence-corrected chi connectivity index (χ1v) is 7.18. The van der Waals surface area contributed by atoms with Gasteiger partial charge in [-0.05, 0) is 18.2 Å². The van der Waals surface area contributed by atoms with Crippen LogP contribution in [0.1, 0.15) is 15.9 Å². The molecule has 0 heterocycles. The van der Waals surface area contributed by atoms with Crippen LogP contribution in [0.5, 0.6) is 5.75 Å². The number of rotatable bonds is 5. The van der Waals surface area contributed by atoms with Gasteiger partial charge in [-0.25, -0.2) is 0 Å². The van der Waals surface area contributed by atoms with Crippen molar-refractivity contribution in [2.45, 2.75) is 6.61 Å². The third-order valence-electron chi connectivity index (χ3n) is 2.82. The van der Waals surface area contributed by atoms with Crippen molar-refractivity contribution in [2.75, 3.05) is 6.54 Å². The summed E-state index contributed by atoms with van der Waals surface area (Å²) in [5, 5.41) is 2.63. The Morgan fingerprint density at radius 3 is 2.67 bits per heavy atom. The lowest BCUT2D eigenvalue weighted by Gasteiger charge is -2.11. The van der Waals surface area contributed by atoms with E-state index in [0.29, 0.717) is 17.9 Å². The maximum atomic E-state index is 12.0. The molecule has 0 bridgehead atoms. The summed E-state index contributed by atoms with van der Waals surface area (Å²) < 4.78 is 6.73. The molecule has 0 aromatic heterocycles. The van der Waals surface area contributed by atoms with Gasteiger partial charge in [0.15, 0.2) is 0 Å². The fraction of sp³-hybridized carbons (Fsp3) is 0.118. The topological polar surface area (TPSA) is 38.3 Å². The molecule has 1 N–H and O–H groups in total. The van der Waals surface area contributed by atoms with E-state index in [-0.39, 0.29) is 12.5 Å². The van der Waals surface area contributed by atoms with E-state index < -0.39 is 0 Å². The monoisotopic (exact) mass is 343 g/mol. The Kier molecular flexibility index (Phi) is 5.42. The molecule has 2 rings (SSSR count). The van der Waals surface area contributed by atoms with Crippen molar-refractivity contribution in [1.29, 1.82) is 0 Å². The summed E-state index contributed by atoms with van der Waals surface area (Å²) in [6, 6.07) is 14.9. The van der Waals surface area contributed by atoms with Crippen LogP contribution in [0.2, 0.25) is 0 Å². The van der Waals surface area contributed by atoms with Crippen molar-refractivity contribution >= 4 is 21.8 Å². The second kappa shape index (κ2) is 7.51. The number of para-hydroxylation sites is 1. The van der Waals surface area contributed by atoms with E-state index in [2.05, 4.69) is 27.2 Å². The Labute approximate surface area is 132 Å². The fourth-order valence-electron chi connectivity index (χ4n) is 1.78. The Morgan fingerprint density at radius 1 is 1.19 bits per heavy atom. The first-order chi connectivity index (χ1) is 10.2. The predicted molar refractivity (Wildman–Crippen MR) is 86.1 cm³/mol. The highest BCUT2D eigenvalue weighted by Gasteiger charge is 2.11. The van der Waals surface area contributed by atoms with Gasteiger partial charge in [-0.3, -0.25) is 4.79 Å². The second-order valence-corrected chi connectivity index (χ2v) is 5.12.